The zero-order chi connectivity index (χ0) is 18.4. The highest BCUT2D eigenvalue weighted by Gasteiger charge is 2.13. The molecule has 3 rings (SSSR count). The highest BCUT2D eigenvalue weighted by atomic mass is 32.2. The summed E-state index contributed by atoms with van der Waals surface area (Å²) < 4.78 is 5.06. The van der Waals surface area contributed by atoms with Crippen LogP contribution in [-0.2, 0) is 33.6 Å². The third kappa shape index (κ3) is 5.11. The summed E-state index contributed by atoms with van der Waals surface area (Å²) in [7, 11) is 0. The van der Waals surface area contributed by atoms with Gasteiger partial charge in [0.15, 0.2) is 6.61 Å². The minimum atomic E-state index is -0.382. The Kier molecular flexibility index (Phi) is 6.34. The number of esters is 1. The number of aryl methyl sites for hydroxylation is 3. The molecule has 4 nitrogen and oxygen atoms in total. The highest BCUT2D eigenvalue weighted by Crippen LogP contribution is 2.27. The third-order valence-electron chi connectivity index (χ3n) is 4.44. The summed E-state index contributed by atoms with van der Waals surface area (Å²) in [5, 5.41) is 2.73. The monoisotopic (exact) mass is 369 g/mol. The van der Waals surface area contributed by atoms with Gasteiger partial charge in [-0.3, -0.25) is 9.59 Å². The lowest BCUT2D eigenvalue weighted by Gasteiger charge is -2.08. The van der Waals surface area contributed by atoms with Crippen molar-refractivity contribution in [3.63, 3.8) is 0 Å². The van der Waals surface area contributed by atoms with E-state index in [1.165, 1.54) is 34.9 Å². The molecule has 0 radical (unpaired) electrons. The van der Waals surface area contributed by atoms with Gasteiger partial charge in [0.05, 0.1) is 5.75 Å². The first-order valence-electron chi connectivity index (χ1n) is 8.93. The first-order chi connectivity index (χ1) is 12.6. The number of carbonyl (C=O) groups is 2. The molecule has 1 amide bonds. The number of thioether (sulfide) groups is 1. The van der Waals surface area contributed by atoms with Crippen molar-refractivity contribution in [3.8, 4) is 0 Å². The van der Waals surface area contributed by atoms with Gasteiger partial charge in [-0.15, -0.1) is 11.8 Å². The Morgan fingerprint density at radius 2 is 1.85 bits per heavy atom. The smallest absolute Gasteiger partial charge is 0.316 e. The van der Waals surface area contributed by atoms with Crippen molar-refractivity contribution in [2.24, 2.45) is 0 Å². The average molecular weight is 369 g/mol. The highest BCUT2D eigenvalue weighted by molar-refractivity contribution is 8.00. The Hall–Kier alpha value is -2.27. The lowest BCUT2D eigenvalue weighted by atomic mass is 10.1. The van der Waals surface area contributed by atoms with Crippen LogP contribution >= 0.6 is 11.8 Å². The molecule has 1 N–H and O–H groups in total. The normalized spacial score (nSPS) is 12.5. The number of anilines is 1. The molecule has 2 aromatic rings. The van der Waals surface area contributed by atoms with Gasteiger partial charge in [-0.2, -0.15) is 0 Å². The Morgan fingerprint density at radius 3 is 2.62 bits per heavy atom. The number of ether oxygens (including phenoxy) is 1. The molecule has 0 heterocycles. The fourth-order valence-electron chi connectivity index (χ4n) is 2.99. The molecule has 0 spiro atoms. The first kappa shape index (κ1) is 18.5. The fourth-order valence-corrected chi connectivity index (χ4v) is 3.75. The van der Waals surface area contributed by atoms with E-state index in [1.807, 2.05) is 24.3 Å². The van der Waals surface area contributed by atoms with Gasteiger partial charge in [0.25, 0.3) is 5.91 Å². The molecular weight excluding hydrogens is 346 g/mol. The van der Waals surface area contributed by atoms with Crippen molar-refractivity contribution in [2.45, 2.75) is 37.5 Å². The summed E-state index contributed by atoms with van der Waals surface area (Å²) >= 11 is 1.45. The van der Waals surface area contributed by atoms with Gasteiger partial charge in [-0.25, -0.2) is 0 Å². The Labute approximate surface area is 158 Å². The number of amides is 1. The number of fused-ring (bicyclic) bond motifs is 1. The van der Waals surface area contributed by atoms with Crippen molar-refractivity contribution >= 4 is 29.3 Å². The zero-order valence-electron chi connectivity index (χ0n) is 14.9. The summed E-state index contributed by atoms with van der Waals surface area (Å²) in [6.45, 7) is 1.81. The predicted molar refractivity (Wildman–Crippen MR) is 105 cm³/mol. The van der Waals surface area contributed by atoms with Crippen LogP contribution in [-0.4, -0.2) is 24.2 Å². The van der Waals surface area contributed by atoms with Crippen molar-refractivity contribution in [2.75, 3.05) is 17.7 Å². The van der Waals surface area contributed by atoms with E-state index in [-0.39, 0.29) is 24.2 Å². The van der Waals surface area contributed by atoms with Crippen molar-refractivity contribution in [1.82, 2.24) is 0 Å². The van der Waals surface area contributed by atoms with Crippen LogP contribution in [0.5, 0.6) is 0 Å². The lowest BCUT2D eigenvalue weighted by Crippen LogP contribution is -2.21. The largest absolute Gasteiger partial charge is 0.455 e. The van der Waals surface area contributed by atoms with Gasteiger partial charge in [0.2, 0.25) is 0 Å². The van der Waals surface area contributed by atoms with Crippen LogP contribution in [0.15, 0.2) is 47.4 Å². The van der Waals surface area contributed by atoms with E-state index < -0.39 is 0 Å². The van der Waals surface area contributed by atoms with E-state index in [2.05, 4.69) is 30.4 Å². The predicted octanol–water partition coefficient (Wildman–Crippen LogP) is 4.01. The summed E-state index contributed by atoms with van der Waals surface area (Å²) in [6, 6.07) is 14.0. The molecule has 1 aliphatic carbocycles. The number of rotatable bonds is 7. The maximum Gasteiger partial charge on any atom is 0.316 e. The van der Waals surface area contributed by atoms with Gasteiger partial charge in [-0.1, -0.05) is 25.1 Å². The van der Waals surface area contributed by atoms with Crippen LogP contribution in [0.1, 0.15) is 30.0 Å². The van der Waals surface area contributed by atoms with E-state index in [0.29, 0.717) is 5.69 Å². The van der Waals surface area contributed by atoms with Crippen LogP contribution in [0.3, 0.4) is 0 Å². The molecular formula is C21H23NO3S. The number of hydrogen-bond donors (Lipinski definition) is 1. The quantitative estimate of drug-likeness (QED) is 0.592. The van der Waals surface area contributed by atoms with Gasteiger partial charge >= 0.3 is 5.97 Å². The molecule has 2 aromatic carbocycles. The summed E-state index contributed by atoms with van der Waals surface area (Å²) in [6.07, 6.45) is 4.43. The maximum absolute atomic E-state index is 11.9. The van der Waals surface area contributed by atoms with Crippen LogP contribution in [0, 0.1) is 0 Å². The standard InChI is InChI=1S/C21H23NO3S/c1-2-15-6-9-18(10-7-15)22-20(23)13-25-21(24)14-26-19-11-8-16-4-3-5-17(16)12-19/h6-12H,2-5,13-14H2,1H3,(H,22,23). The summed E-state index contributed by atoms with van der Waals surface area (Å²) in [5.74, 6) is -0.505. The average Bonchev–Trinajstić information content (AvgIpc) is 3.13. The molecule has 0 saturated carbocycles. The zero-order valence-corrected chi connectivity index (χ0v) is 15.7. The van der Waals surface area contributed by atoms with E-state index in [4.69, 9.17) is 4.74 Å². The van der Waals surface area contributed by atoms with Crippen LogP contribution in [0.4, 0.5) is 5.69 Å². The van der Waals surface area contributed by atoms with Crippen molar-refractivity contribution in [1.29, 1.82) is 0 Å². The van der Waals surface area contributed by atoms with Gasteiger partial charge in [0.1, 0.15) is 0 Å². The summed E-state index contributed by atoms with van der Waals surface area (Å²) in [5.41, 5.74) is 4.71. The van der Waals surface area contributed by atoms with Crippen LogP contribution in [0.2, 0.25) is 0 Å². The third-order valence-corrected chi connectivity index (χ3v) is 5.40. The summed E-state index contributed by atoms with van der Waals surface area (Å²) in [4.78, 5) is 24.8. The molecule has 0 bridgehead atoms. The molecule has 26 heavy (non-hydrogen) atoms. The Bertz CT molecular complexity index is 786. The minimum absolute atomic E-state index is 0.206. The van der Waals surface area contributed by atoms with E-state index in [1.54, 1.807) is 0 Å². The molecule has 5 heteroatoms. The molecule has 0 saturated heterocycles. The molecule has 0 unspecified atom stereocenters. The second kappa shape index (κ2) is 8.90. The maximum atomic E-state index is 11.9. The SMILES string of the molecule is CCc1ccc(NC(=O)COC(=O)CSc2ccc3c(c2)CCC3)cc1. The lowest BCUT2D eigenvalue weighted by molar-refractivity contribution is -0.144. The van der Waals surface area contributed by atoms with Crippen LogP contribution < -0.4 is 5.32 Å². The number of nitrogens with one attached hydrogen (secondary N) is 1. The Morgan fingerprint density at radius 1 is 1.08 bits per heavy atom. The topological polar surface area (TPSA) is 55.4 Å². The first-order valence-corrected chi connectivity index (χ1v) is 9.91. The minimum Gasteiger partial charge on any atom is -0.455 e. The number of benzene rings is 2. The molecule has 0 aromatic heterocycles. The van der Waals surface area contributed by atoms with E-state index in [0.717, 1.165) is 24.2 Å². The Balaban J connectivity index is 1.39. The van der Waals surface area contributed by atoms with E-state index in [9.17, 15) is 9.59 Å². The van der Waals surface area contributed by atoms with Crippen molar-refractivity contribution in [3.05, 3.63) is 59.2 Å². The van der Waals surface area contributed by atoms with Crippen molar-refractivity contribution < 1.29 is 14.3 Å². The molecule has 1 aliphatic rings. The molecule has 0 aliphatic heterocycles. The molecule has 136 valence electrons. The fraction of sp³-hybridized carbons (Fsp3) is 0.333. The molecule has 0 atom stereocenters. The van der Waals surface area contributed by atoms with Crippen LogP contribution in [0.25, 0.3) is 0 Å². The number of carbonyl (C=O) groups excluding carboxylic acids is 2. The van der Waals surface area contributed by atoms with E-state index >= 15 is 0 Å². The second-order valence-electron chi connectivity index (χ2n) is 6.33. The second-order valence-corrected chi connectivity index (χ2v) is 7.38. The van der Waals surface area contributed by atoms with Gasteiger partial charge in [0, 0.05) is 10.6 Å². The van der Waals surface area contributed by atoms with Gasteiger partial charge < -0.3 is 10.1 Å². The number of hydrogen-bond acceptors (Lipinski definition) is 4. The molecule has 0 fully saturated rings. The van der Waals surface area contributed by atoms with Gasteiger partial charge in [-0.05, 0) is 66.6 Å².